The van der Waals surface area contributed by atoms with Gasteiger partial charge in [-0.3, -0.25) is 0 Å². The maximum absolute atomic E-state index is 5.49. The minimum Gasteiger partial charge on any atom is -0.152 e. The average Bonchev–Trinajstić information content (AvgIpc) is 2.31. The topological polar surface area (TPSA) is 0 Å². The third kappa shape index (κ3) is 1.86. The molecule has 0 nitrogen and oxygen atoms in total. The summed E-state index contributed by atoms with van der Waals surface area (Å²) >= 11 is 7.21. The maximum atomic E-state index is 5.49. The van der Waals surface area contributed by atoms with E-state index in [-0.39, 0.29) is 0 Å². The van der Waals surface area contributed by atoms with Gasteiger partial charge in [-0.2, -0.15) is 11.3 Å². The molecule has 0 aromatic carbocycles. The smallest absolute Gasteiger partial charge is 0.0407 e. The zero-order chi connectivity index (χ0) is 7.40. The van der Waals surface area contributed by atoms with E-state index in [1.807, 2.05) is 6.08 Å². The van der Waals surface area contributed by atoms with Crippen molar-refractivity contribution in [3.05, 3.63) is 28.0 Å². The third-order valence-corrected chi connectivity index (χ3v) is 2.34. The van der Waals surface area contributed by atoms with Crippen molar-refractivity contribution in [3.8, 4) is 0 Å². The first-order valence-electron chi connectivity index (χ1n) is 3.10. The number of allylic oxidation sites excluding steroid dienone is 1. The van der Waals surface area contributed by atoms with Crippen LogP contribution in [0.2, 0.25) is 0 Å². The van der Waals surface area contributed by atoms with E-state index in [4.69, 9.17) is 11.6 Å². The monoisotopic (exact) mass is 172 g/mol. The minimum atomic E-state index is 0.593. The number of rotatable bonds is 2. The van der Waals surface area contributed by atoms with Gasteiger partial charge < -0.3 is 0 Å². The standard InChI is InChI=1S/C8H9ClS/c1-7-5-10-6-8(7)3-2-4-9/h2-3,5-6H,4H2,1H3. The highest BCUT2D eigenvalue weighted by Crippen LogP contribution is 2.14. The summed E-state index contributed by atoms with van der Waals surface area (Å²) in [6.07, 6.45) is 4.01. The zero-order valence-electron chi connectivity index (χ0n) is 5.80. The van der Waals surface area contributed by atoms with E-state index in [0.29, 0.717) is 5.88 Å². The molecular formula is C8H9ClS. The van der Waals surface area contributed by atoms with Crippen LogP contribution in [-0.2, 0) is 0 Å². The summed E-state index contributed by atoms with van der Waals surface area (Å²) in [5, 5.41) is 4.26. The number of halogens is 1. The first kappa shape index (κ1) is 7.83. The fraction of sp³-hybridized carbons (Fsp3) is 0.250. The van der Waals surface area contributed by atoms with Gasteiger partial charge in [-0.1, -0.05) is 12.2 Å². The predicted molar refractivity (Wildman–Crippen MR) is 48.8 cm³/mol. The van der Waals surface area contributed by atoms with E-state index >= 15 is 0 Å². The average molecular weight is 173 g/mol. The molecule has 0 unspecified atom stereocenters. The van der Waals surface area contributed by atoms with Gasteiger partial charge in [0.2, 0.25) is 0 Å². The lowest BCUT2D eigenvalue weighted by molar-refractivity contribution is 1.52. The van der Waals surface area contributed by atoms with Crippen LogP contribution >= 0.6 is 22.9 Å². The lowest BCUT2D eigenvalue weighted by Crippen LogP contribution is -1.69. The van der Waals surface area contributed by atoms with Crippen molar-refractivity contribution in [3.63, 3.8) is 0 Å². The highest BCUT2D eigenvalue weighted by atomic mass is 35.5. The maximum Gasteiger partial charge on any atom is 0.0407 e. The third-order valence-electron chi connectivity index (χ3n) is 1.28. The molecule has 0 saturated carbocycles. The molecule has 1 heterocycles. The lowest BCUT2D eigenvalue weighted by atomic mass is 10.2. The second-order valence-corrected chi connectivity index (χ2v) is 3.12. The molecule has 0 atom stereocenters. The van der Waals surface area contributed by atoms with Crippen LogP contribution in [0.4, 0.5) is 0 Å². The summed E-state index contributed by atoms with van der Waals surface area (Å²) < 4.78 is 0. The van der Waals surface area contributed by atoms with Crippen LogP contribution in [-0.4, -0.2) is 5.88 Å². The summed E-state index contributed by atoms with van der Waals surface area (Å²) in [5.74, 6) is 0.593. The van der Waals surface area contributed by atoms with Gasteiger partial charge in [0, 0.05) is 5.88 Å². The summed E-state index contributed by atoms with van der Waals surface area (Å²) in [7, 11) is 0. The predicted octanol–water partition coefficient (Wildman–Crippen LogP) is 3.31. The van der Waals surface area contributed by atoms with E-state index in [9.17, 15) is 0 Å². The van der Waals surface area contributed by atoms with Gasteiger partial charge >= 0.3 is 0 Å². The second kappa shape index (κ2) is 3.79. The molecule has 2 heteroatoms. The molecule has 10 heavy (non-hydrogen) atoms. The largest absolute Gasteiger partial charge is 0.152 e. The molecule has 0 radical (unpaired) electrons. The first-order valence-corrected chi connectivity index (χ1v) is 4.57. The molecule has 0 saturated heterocycles. The minimum absolute atomic E-state index is 0.593. The summed E-state index contributed by atoms with van der Waals surface area (Å²) in [4.78, 5) is 0. The van der Waals surface area contributed by atoms with Gasteiger partial charge in [-0.15, -0.1) is 11.6 Å². The number of hydrogen-bond acceptors (Lipinski definition) is 1. The summed E-state index contributed by atoms with van der Waals surface area (Å²) in [5.41, 5.74) is 2.61. The molecule has 1 aromatic heterocycles. The molecule has 0 aliphatic rings. The molecule has 0 fully saturated rings. The SMILES string of the molecule is Cc1cscc1C=CCCl. The Morgan fingerprint density at radius 1 is 1.60 bits per heavy atom. The number of alkyl halides is 1. The van der Waals surface area contributed by atoms with Crippen LogP contribution in [0.25, 0.3) is 6.08 Å². The van der Waals surface area contributed by atoms with Gasteiger partial charge in [0.15, 0.2) is 0 Å². The van der Waals surface area contributed by atoms with Gasteiger partial charge in [-0.05, 0) is 28.8 Å². The number of hydrogen-bond donors (Lipinski definition) is 0. The zero-order valence-corrected chi connectivity index (χ0v) is 7.38. The van der Waals surface area contributed by atoms with Gasteiger partial charge in [0.1, 0.15) is 0 Å². The Bertz CT molecular complexity index is 225. The molecule has 0 N–H and O–H groups in total. The molecule has 54 valence electrons. The van der Waals surface area contributed by atoms with Crippen molar-refractivity contribution in [2.24, 2.45) is 0 Å². The normalized spacial score (nSPS) is 11.0. The van der Waals surface area contributed by atoms with Crippen LogP contribution in [0.1, 0.15) is 11.1 Å². The van der Waals surface area contributed by atoms with Crippen molar-refractivity contribution < 1.29 is 0 Å². The Morgan fingerprint density at radius 2 is 2.40 bits per heavy atom. The highest BCUT2D eigenvalue weighted by Gasteiger charge is 1.91. The lowest BCUT2D eigenvalue weighted by Gasteiger charge is -1.86. The highest BCUT2D eigenvalue weighted by molar-refractivity contribution is 7.08. The molecule has 1 rings (SSSR count). The van der Waals surface area contributed by atoms with Crippen molar-refractivity contribution in [2.45, 2.75) is 6.92 Å². The van der Waals surface area contributed by atoms with Gasteiger partial charge in [-0.25, -0.2) is 0 Å². The van der Waals surface area contributed by atoms with E-state index in [1.54, 1.807) is 11.3 Å². The van der Waals surface area contributed by atoms with Crippen LogP contribution < -0.4 is 0 Å². The molecule has 0 aliphatic heterocycles. The van der Waals surface area contributed by atoms with Crippen LogP contribution in [0.3, 0.4) is 0 Å². The fourth-order valence-corrected chi connectivity index (χ4v) is 1.62. The quantitative estimate of drug-likeness (QED) is 0.601. The van der Waals surface area contributed by atoms with Crippen molar-refractivity contribution in [1.29, 1.82) is 0 Å². The molecule has 0 spiro atoms. The van der Waals surface area contributed by atoms with E-state index in [2.05, 4.69) is 23.8 Å². The van der Waals surface area contributed by atoms with Gasteiger partial charge in [0.25, 0.3) is 0 Å². The molecule has 1 aromatic rings. The summed E-state index contributed by atoms with van der Waals surface area (Å²) in [6, 6.07) is 0. The Kier molecular flexibility index (Phi) is 2.97. The molecular weight excluding hydrogens is 164 g/mol. The Labute approximate surface area is 70.1 Å². The van der Waals surface area contributed by atoms with Gasteiger partial charge in [0.05, 0.1) is 0 Å². The first-order chi connectivity index (χ1) is 4.84. The Hall–Kier alpha value is -0.270. The molecule has 0 bridgehead atoms. The van der Waals surface area contributed by atoms with Crippen molar-refractivity contribution >= 4 is 29.0 Å². The van der Waals surface area contributed by atoms with Crippen LogP contribution in [0.5, 0.6) is 0 Å². The fourth-order valence-electron chi connectivity index (χ4n) is 0.713. The number of thiophene rings is 1. The van der Waals surface area contributed by atoms with E-state index < -0.39 is 0 Å². The van der Waals surface area contributed by atoms with Crippen molar-refractivity contribution in [2.75, 3.05) is 5.88 Å². The van der Waals surface area contributed by atoms with E-state index in [1.165, 1.54) is 11.1 Å². The Morgan fingerprint density at radius 3 is 2.90 bits per heavy atom. The second-order valence-electron chi connectivity index (χ2n) is 2.07. The van der Waals surface area contributed by atoms with Crippen molar-refractivity contribution in [1.82, 2.24) is 0 Å². The van der Waals surface area contributed by atoms with E-state index in [0.717, 1.165) is 0 Å². The number of aryl methyl sites for hydroxylation is 1. The Balaban J connectivity index is 2.74. The van der Waals surface area contributed by atoms with Crippen LogP contribution in [0.15, 0.2) is 16.8 Å². The summed E-state index contributed by atoms with van der Waals surface area (Å²) in [6.45, 7) is 2.10. The van der Waals surface area contributed by atoms with Crippen LogP contribution in [0, 0.1) is 6.92 Å². The molecule has 0 aliphatic carbocycles. The molecule has 0 amide bonds.